The quantitative estimate of drug-likeness (QED) is 0.796. The molecule has 0 fully saturated rings. The van der Waals surface area contributed by atoms with Gasteiger partial charge in [0.1, 0.15) is 11.9 Å². The number of benzene rings is 2. The fourth-order valence-corrected chi connectivity index (χ4v) is 2.46. The molecule has 0 amide bonds. The first-order valence-corrected chi connectivity index (χ1v) is 6.21. The van der Waals surface area contributed by atoms with E-state index in [1.165, 1.54) is 0 Å². The normalized spacial score (nSPS) is 22.2. The van der Waals surface area contributed by atoms with Gasteiger partial charge in [-0.15, -0.1) is 0 Å². The lowest BCUT2D eigenvalue weighted by Crippen LogP contribution is -2.35. The zero-order valence-electron chi connectivity index (χ0n) is 9.61. The largest absolute Gasteiger partial charge is 0.482 e. The van der Waals surface area contributed by atoms with Crippen LogP contribution in [-0.4, -0.2) is 16.1 Å². The third-order valence-corrected chi connectivity index (χ3v) is 3.55. The molecule has 2 aromatic carbocycles. The summed E-state index contributed by atoms with van der Waals surface area (Å²) in [7, 11) is 0. The SMILES string of the molecule is OC1C(=S)c2ccccc2OC1c1ccccc1. The standard InChI is InChI=1S/C15H12O2S/c16-13-14(10-6-2-1-3-7-10)17-12-9-5-4-8-11(12)15(13)18/h1-9,13-14,16H. The Hall–Kier alpha value is -1.71. The van der Waals surface area contributed by atoms with Crippen molar-refractivity contribution in [3.63, 3.8) is 0 Å². The molecule has 3 heteroatoms. The second-order valence-corrected chi connectivity index (χ2v) is 4.69. The summed E-state index contributed by atoms with van der Waals surface area (Å²) in [6.07, 6.45) is -1.20. The van der Waals surface area contributed by atoms with Crippen LogP contribution in [0.5, 0.6) is 5.75 Å². The second kappa shape index (κ2) is 4.52. The topological polar surface area (TPSA) is 29.5 Å². The van der Waals surface area contributed by atoms with Gasteiger partial charge >= 0.3 is 0 Å². The molecule has 1 N–H and O–H groups in total. The fraction of sp³-hybridized carbons (Fsp3) is 0.133. The maximum absolute atomic E-state index is 10.3. The maximum atomic E-state index is 10.3. The molecule has 1 aliphatic rings. The molecule has 18 heavy (non-hydrogen) atoms. The van der Waals surface area contributed by atoms with Crippen molar-refractivity contribution in [2.45, 2.75) is 12.2 Å². The number of aliphatic hydroxyl groups is 1. The summed E-state index contributed by atoms with van der Waals surface area (Å²) in [5.74, 6) is 0.738. The van der Waals surface area contributed by atoms with Gasteiger partial charge in [-0.25, -0.2) is 0 Å². The van der Waals surface area contributed by atoms with Crippen LogP contribution in [0.3, 0.4) is 0 Å². The number of thiocarbonyl (C=S) groups is 1. The highest BCUT2D eigenvalue weighted by Crippen LogP contribution is 2.35. The molecule has 2 aromatic rings. The van der Waals surface area contributed by atoms with Gasteiger partial charge < -0.3 is 9.84 Å². The molecule has 90 valence electrons. The first-order chi connectivity index (χ1) is 8.77. The van der Waals surface area contributed by atoms with Gasteiger partial charge in [-0.2, -0.15) is 0 Å². The number of hydrogen-bond donors (Lipinski definition) is 1. The molecular formula is C15H12O2S. The minimum atomic E-state index is -0.780. The van der Waals surface area contributed by atoms with Crippen LogP contribution in [0.2, 0.25) is 0 Å². The van der Waals surface area contributed by atoms with Crippen LogP contribution in [0.25, 0.3) is 0 Å². The molecule has 0 spiro atoms. The molecule has 0 saturated carbocycles. The Bertz CT molecular complexity index is 580. The van der Waals surface area contributed by atoms with E-state index >= 15 is 0 Å². The molecule has 0 saturated heterocycles. The van der Waals surface area contributed by atoms with Crippen LogP contribution in [0, 0.1) is 0 Å². The Labute approximate surface area is 111 Å². The number of rotatable bonds is 1. The van der Waals surface area contributed by atoms with Crippen molar-refractivity contribution < 1.29 is 9.84 Å². The van der Waals surface area contributed by atoms with Crippen LogP contribution in [0.15, 0.2) is 54.6 Å². The van der Waals surface area contributed by atoms with E-state index in [1.807, 2.05) is 54.6 Å². The zero-order chi connectivity index (χ0) is 12.5. The first-order valence-electron chi connectivity index (χ1n) is 5.80. The van der Waals surface area contributed by atoms with Gasteiger partial charge in [-0.05, 0) is 11.6 Å². The van der Waals surface area contributed by atoms with Crippen LogP contribution in [-0.2, 0) is 0 Å². The highest BCUT2D eigenvalue weighted by atomic mass is 32.1. The lowest BCUT2D eigenvalue weighted by molar-refractivity contribution is 0.0733. The summed E-state index contributed by atoms with van der Waals surface area (Å²) in [6, 6.07) is 17.2. The lowest BCUT2D eigenvalue weighted by atomic mass is 9.94. The van der Waals surface area contributed by atoms with E-state index in [2.05, 4.69) is 0 Å². The molecule has 2 atom stereocenters. The molecule has 0 radical (unpaired) electrons. The third-order valence-electron chi connectivity index (χ3n) is 3.09. The third kappa shape index (κ3) is 1.82. The van der Waals surface area contributed by atoms with Gasteiger partial charge in [-0.3, -0.25) is 0 Å². The predicted molar refractivity (Wildman–Crippen MR) is 74.0 cm³/mol. The van der Waals surface area contributed by atoms with Crippen molar-refractivity contribution in [3.8, 4) is 5.75 Å². The maximum Gasteiger partial charge on any atom is 0.155 e. The van der Waals surface area contributed by atoms with Gasteiger partial charge in [-0.1, -0.05) is 60.7 Å². The Kier molecular flexibility index (Phi) is 2.86. The minimum Gasteiger partial charge on any atom is -0.482 e. The van der Waals surface area contributed by atoms with Crippen molar-refractivity contribution in [2.75, 3.05) is 0 Å². The molecule has 0 aromatic heterocycles. The van der Waals surface area contributed by atoms with E-state index in [-0.39, 0.29) is 0 Å². The van der Waals surface area contributed by atoms with Crippen molar-refractivity contribution >= 4 is 17.1 Å². The summed E-state index contributed by atoms with van der Waals surface area (Å²) >= 11 is 5.33. The number of ether oxygens (including phenoxy) is 1. The molecule has 2 nitrogen and oxygen atoms in total. The average molecular weight is 256 g/mol. The molecule has 0 bridgehead atoms. The average Bonchev–Trinajstić information content (AvgIpc) is 2.44. The summed E-state index contributed by atoms with van der Waals surface area (Å²) < 4.78 is 5.86. The number of fused-ring (bicyclic) bond motifs is 1. The van der Waals surface area contributed by atoms with Crippen molar-refractivity contribution in [1.82, 2.24) is 0 Å². The monoisotopic (exact) mass is 256 g/mol. The van der Waals surface area contributed by atoms with Crippen LogP contribution in [0.1, 0.15) is 17.2 Å². The Morgan fingerprint density at radius 1 is 0.944 bits per heavy atom. The van der Waals surface area contributed by atoms with Gasteiger partial charge in [0.05, 0.1) is 4.86 Å². The number of aliphatic hydroxyl groups excluding tert-OH is 1. The number of para-hydroxylation sites is 1. The summed E-state index contributed by atoms with van der Waals surface area (Å²) in [5, 5.41) is 10.3. The Morgan fingerprint density at radius 3 is 2.39 bits per heavy atom. The van der Waals surface area contributed by atoms with E-state index < -0.39 is 12.2 Å². The van der Waals surface area contributed by atoms with E-state index in [1.54, 1.807) is 0 Å². The Morgan fingerprint density at radius 2 is 1.61 bits per heavy atom. The van der Waals surface area contributed by atoms with Gasteiger partial charge in [0.15, 0.2) is 6.10 Å². The van der Waals surface area contributed by atoms with Crippen molar-refractivity contribution in [3.05, 3.63) is 65.7 Å². The molecule has 2 unspecified atom stereocenters. The van der Waals surface area contributed by atoms with Gasteiger partial charge in [0.25, 0.3) is 0 Å². The Balaban J connectivity index is 2.04. The van der Waals surface area contributed by atoms with E-state index in [4.69, 9.17) is 17.0 Å². The summed E-state index contributed by atoms with van der Waals surface area (Å²) in [5.41, 5.74) is 1.74. The molecular weight excluding hydrogens is 244 g/mol. The molecule has 1 heterocycles. The van der Waals surface area contributed by atoms with E-state index in [0.29, 0.717) is 4.86 Å². The highest BCUT2D eigenvalue weighted by molar-refractivity contribution is 7.81. The highest BCUT2D eigenvalue weighted by Gasteiger charge is 2.33. The predicted octanol–water partition coefficient (Wildman–Crippen LogP) is 2.90. The van der Waals surface area contributed by atoms with Gasteiger partial charge in [0, 0.05) is 5.56 Å². The van der Waals surface area contributed by atoms with Crippen LogP contribution < -0.4 is 4.74 Å². The lowest BCUT2D eigenvalue weighted by Gasteiger charge is -2.31. The molecule has 0 aliphatic carbocycles. The van der Waals surface area contributed by atoms with Crippen LogP contribution in [0.4, 0.5) is 0 Å². The number of hydrogen-bond acceptors (Lipinski definition) is 3. The molecule has 3 rings (SSSR count). The van der Waals surface area contributed by atoms with Crippen LogP contribution >= 0.6 is 12.2 Å². The van der Waals surface area contributed by atoms with E-state index in [9.17, 15) is 5.11 Å². The van der Waals surface area contributed by atoms with Crippen molar-refractivity contribution in [1.29, 1.82) is 0 Å². The van der Waals surface area contributed by atoms with E-state index in [0.717, 1.165) is 16.9 Å². The fourth-order valence-electron chi connectivity index (χ4n) is 2.16. The second-order valence-electron chi connectivity index (χ2n) is 4.25. The zero-order valence-corrected chi connectivity index (χ0v) is 10.4. The first kappa shape index (κ1) is 11.4. The summed E-state index contributed by atoms with van der Waals surface area (Å²) in [6.45, 7) is 0. The summed E-state index contributed by atoms with van der Waals surface area (Å²) in [4.78, 5) is 0.547. The van der Waals surface area contributed by atoms with Crippen molar-refractivity contribution in [2.24, 2.45) is 0 Å². The molecule has 1 aliphatic heterocycles. The minimum absolute atomic E-state index is 0.423. The van der Waals surface area contributed by atoms with Gasteiger partial charge in [0.2, 0.25) is 0 Å². The smallest absolute Gasteiger partial charge is 0.155 e.